The number of carbonyl (C=O) groups excluding carboxylic acids is 2. The van der Waals surface area contributed by atoms with Crippen molar-refractivity contribution >= 4 is 33.2 Å². The van der Waals surface area contributed by atoms with Gasteiger partial charge >= 0.3 is 0 Å². The standard InChI is InChI=1S/C21H22N2O3S/c1-14-4-6-15(7-5-14)16-8-9-19-18(11-16)23-21(27-19)12-20(26)22-13-17(25)3-2-10-24/h4-9,11,24H,2-3,10,12-13H2,1H3,(H,22,26). The molecule has 140 valence electrons. The Morgan fingerprint density at radius 3 is 2.59 bits per heavy atom. The predicted octanol–water partition coefficient (Wildman–Crippen LogP) is 3.27. The number of aliphatic hydroxyl groups is 1. The number of thiazole rings is 1. The first-order valence-corrected chi connectivity index (χ1v) is 9.72. The van der Waals surface area contributed by atoms with Crippen LogP contribution in [0, 0.1) is 6.92 Å². The highest BCUT2D eigenvalue weighted by atomic mass is 32.1. The van der Waals surface area contributed by atoms with Crippen molar-refractivity contribution in [1.29, 1.82) is 0 Å². The first-order chi connectivity index (χ1) is 13.0. The lowest BCUT2D eigenvalue weighted by Gasteiger charge is -2.02. The maximum atomic E-state index is 12.0. The maximum absolute atomic E-state index is 12.0. The molecule has 2 aromatic carbocycles. The second kappa shape index (κ2) is 8.88. The Kier molecular flexibility index (Phi) is 6.32. The molecule has 5 nitrogen and oxygen atoms in total. The van der Waals surface area contributed by atoms with Crippen molar-refractivity contribution in [3.8, 4) is 11.1 Å². The van der Waals surface area contributed by atoms with Crippen LogP contribution in [0.4, 0.5) is 0 Å². The van der Waals surface area contributed by atoms with Crippen molar-refractivity contribution in [1.82, 2.24) is 10.3 Å². The molecule has 27 heavy (non-hydrogen) atoms. The molecule has 0 spiro atoms. The fourth-order valence-corrected chi connectivity index (χ4v) is 3.68. The van der Waals surface area contributed by atoms with Crippen LogP contribution in [0.1, 0.15) is 23.4 Å². The van der Waals surface area contributed by atoms with Crippen LogP contribution in [0.3, 0.4) is 0 Å². The number of nitrogens with one attached hydrogen (secondary N) is 1. The van der Waals surface area contributed by atoms with Gasteiger partial charge in [-0.05, 0) is 36.6 Å². The number of fused-ring (bicyclic) bond motifs is 1. The molecule has 2 N–H and O–H groups in total. The highest BCUT2D eigenvalue weighted by Crippen LogP contribution is 2.28. The first kappa shape index (κ1) is 19.2. The predicted molar refractivity (Wildman–Crippen MR) is 108 cm³/mol. The van der Waals surface area contributed by atoms with Crippen molar-refractivity contribution in [3.05, 3.63) is 53.0 Å². The highest BCUT2D eigenvalue weighted by molar-refractivity contribution is 7.18. The third kappa shape index (κ3) is 5.21. The first-order valence-electron chi connectivity index (χ1n) is 8.91. The average Bonchev–Trinajstić information content (AvgIpc) is 3.06. The number of aryl methyl sites for hydroxylation is 1. The van der Waals surface area contributed by atoms with Gasteiger partial charge in [0.05, 0.1) is 23.2 Å². The Labute approximate surface area is 162 Å². The fourth-order valence-electron chi connectivity index (χ4n) is 2.74. The van der Waals surface area contributed by atoms with Crippen molar-refractivity contribution in [3.63, 3.8) is 0 Å². The fraction of sp³-hybridized carbons (Fsp3) is 0.286. The van der Waals surface area contributed by atoms with E-state index < -0.39 is 0 Å². The summed E-state index contributed by atoms with van der Waals surface area (Å²) in [6, 6.07) is 14.5. The van der Waals surface area contributed by atoms with Gasteiger partial charge in [-0.25, -0.2) is 4.98 Å². The molecule has 3 aromatic rings. The molecular weight excluding hydrogens is 360 g/mol. The number of carbonyl (C=O) groups is 2. The lowest BCUT2D eigenvalue weighted by atomic mass is 10.0. The maximum Gasteiger partial charge on any atom is 0.227 e. The van der Waals surface area contributed by atoms with Crippen molar-refractivity contribution in [2.24, 2.45) is 0 Å². The van der Waals surface area contributed by atoms with E-state index in [1.165, 1.54) is 16.9 Å². The Balaban J connectivity index is 1.65. The zero-order valence-electron chi connectivity index (χ0n) is 15.2. The van der Waals surface area contributed by atoms with E-state index in [-0.39, 0.29) is 37.7 Å². The van der Waals surface area contributed by atoms with Crippen LogP contribution in [-0.2, 0) is 16.0 Å². The van der Waals surface area contributed by atoms with Gasteiger partial charge in [0.2, 0.25) is 5.91 Å². The summed E-state index contributed by atoms with van der Waals surface area (Å²) in [6.45, 7) is 2.04. The van der Waals surface area contributed by atoms with Gasteiger partial charge in [0.1, 0.15) is 5.01 Å². The number of hydrogen-bond acceptors (Lipinski definition) is 5. The number of amides is 1. The van der Waals surface area contributed by atoms with Gasteiger partial charge in [-0.3, -0.25) is 9.59 Å². The molecule has 1 amide bonds. The van der Waals surface area contributed by atoms with Crippen LogP contribution in [-0.4, -0.2) is 34.9 Å². The average molecular weight is 382 g/mol. The Hall–Kier alpha value is -2.57. The molecule has 0 atom stereocenters. The normalized spacial score (nSPS) is 10.9. The summed E-state index contributed by atoms with van der Waals surface area (Å²) in [5.41, 5.74) is 4.32. The van der Waals surface area contributed by atoms with Crippen LogP contribution in [0.2, 0.25) is 0 Å². The zero-order chi connectivity index (χ0) is 19.2. The summed E-state index contributed by atoms with van der Waals surface area (Å²) in [5.74, 6) is -0.297. The smallest absolute Gasteiger partial charge is 0.227 e. The topological polar surface area (TPSA) is 79.3 Å². The SMILES string of the molecule is Cc1ccc(-c2ccc3sc(CC(=O)NCC(=O)CCCO)nc3c2)cc1. The lowest BCUT2D eigenvalue weighted by Crippen LogP contribution is -2.30. The molecule has 0 bridgehead atoms. The van der Waals surface area contributed by atoms with E-state index in [2.05, 4.69) is 47.6 Å². The molecule has 1 heterocycles. The van der Waals surface area contributed by atoms with E-state index in [0.29, 0.717) is 6.42 Å². The van der Waals surface area contributed by atoms with E-state index in [0.717, 1.165) is 26.4 Å². The summed E-state index contributed by atoms with van der Waals surface area (Å²) in [4.78, 5) is 28.2. The van der Waals surface area contributed by atoms with Crippen LogP contribution in [0.25, 0.3) is 21.3 Å². The molecular formula is C21H22N2O3S. The van der Waals surface area contributed by atoms with E-state index >= 15 is 0 Å². The summed E-state index contributed by atoms with van der Waals surface area (Å²) in [5, 5.41) is 12.1. The van der Waals surface area contributed by atoms with Crippen molar-refractivity contribution in [2.45, 2.75) is 26.2 Å². The highest BCUT2D eigenvalue weighted by Gasteiger charge is 2.11. The van der Waals surface area contributed by atoms with E-state index in [1.54, 1.807) is 0 Å². The lowest BCUT2D eigenvalue weighted by molar-refractivity contribution is -0.124. The molecule has 0 aliphatic heterocycles. The summed E-state index contributed by atoms with van der Waals surface area (Å²) in [6.07, 6.45) is 0.863. The van der Waals surface area contributed by atoms with Gasteiger partial charge in [0.25, 0.3) is 0 Å². The minimum atomic E-state index is -0.217. The number of nitrogens with zero attached hydrogens (tertiary/aromatic N) is 1. The Morgan fingerprint density at radius 2 is 1.85 bits per heavy atom. The molecule has 1 aromatic heterocycles. The molecule has 3 rings (SSSR count). The van der Waals surface area contributed by atoms with Crippen LogP contribution >= 0.6 is 11.3 Å². The third-order valence-corrected chi connectivity index (χ3v) is 5.26. The van der Waals surface area contributed by atoms with E-state index in [9.17, 15) is 9.59 Å². The summed E-state index contributed by atoms with van der Waals surface area (Å²) >= 11 is 1.49. The molecule has 0 unspecified atom stereocenters. The molecule has 0 fully saturated rings. The monoisotopic (exact) mass is 382 g/mol. The second-order valence-electron chi connectivity index (χ2n) is 6.48. The van der Waals surface area contributed by atoms with E-state index in [1.807, 2.05) is 12.1 Å². The molecule has 0 aliphatic rings. The third-order valence-electron chi connectivity index (χ3n) is 4.22. The molecule has 0 saturated carbocycles. The quantitative estimate of drug-likeness (QED) is 0.627. The van der Waals surface area contributed by atoms with Gasteiger partial charge in [-0.1, -0.05) is 35.9 Å². The van der Waals surface area contributed by atoms with Gasteiger partial charge < -0.3 is 10.4 Å². The number of rotatable bonds is 8. The molecule has 0 radical (unpaired) electrons. The largest absolute Gasteiger partial charge is 0.396 e. The zero-order valence-corrected chi connectivity index (χ0v) is 16.0. The molecule has 6 heteroatoms. The summed E-state index contributed by atoms with van der Waals surface area (Å²) < 4.78 is 1.03. The number of benzene rings is 2. The van der Waals surface area contributed by atoms with Gasteiger partial charge in [0, 0.05) is 13.0 Å². The second-order valence-corrected chi connectivity index (χ2v) is 7.59. The number of hydrogen-bond donors (Lipinski definition) is 2. The number of ketones is 1. The number of aliphatic hydroxyl groups excluding tert-OH is 1. The molecule has 0 aliphatic carbocycles. The van der Waals surface area contributed by atoms with E-state index in [4.69, 9.17) is 5.11 Å². The van der Waals surface area contributed by atoms with Crippen LogP contribution in [0.15, 0.2) is 42.5 Å². The number of Topliss-reactive ketones (excluding diaryl/α,β-unsaturated/α-hetero) is 1. The van der Waals surface area contributed by atoms with Gasteiger partial charge in [-0.15, -0.1) is 11.3 Å². The van der Waals surface area contributed by atoms with Gasteiger partial charge in [-0.2, -0.15) is 0 Å². The number of aromatic nitrogens is 1. The van der Waals surface area contributed by atoms with Crippen molar-refractivity contribution < 1.29 is 14.7 Å². The molecule has 0 saturated heterocycles. The minimum Gasteiger partial charge on any atom is -0.396 e. The van der Waals surface area contributed by atoms with Crippen molar-refractivity contribution in [2.75, 3.05) is 13.2 Å². The minimum absolute atomic E-state index is 0.00129. The van der Waals surface area contributed by atoms with Gasteiger partial charge in [0.15, 0.2) is 5.78 Å². The van der Waals surface area contributed by atoms with Crippen LogP contribution < -0.4 is 5.32 Å². The van der Waals surface area contributed by atoms with Crippen LogP contribution in [0.5, 0.6) is 0 Å². The summed E-state index contributed by atoms with van der Waals surface area (Å²) in [7, 11) is 0. The Bertz CT molecular complexity index is 948. The Morgan fingerprint density at radius 1 is 1.11 bits per heavy atom.